The third kappa shape index (κ3) is 2.82. The van der Waals surface area contributed by atoms with Gasteiger partial charge in [-0.05, 0) is 31.9 Å². The molecule has 0 unspecified atom stereocenters. The van der Waals surface area contributed by atoms with Gasteiger partial charge in [0.05, 0.1) is 7.11 Å². The van der Waals surface area contributed by atoms with Crippen LogP contribution in [0.4, 0.5) is 0 Å². The Kier molecular flexibility index (Phi) is 3.98. The van der Waals surface area contributed by atoms with Gasteiger partial charge in [-0.1, -0.05) is 12.8 Å². The molecule has 7 heteroatoms. The van der Waals surface area contributed by atoms with Gasteiger partial charge in [0.15, 0.2) is 0 Å². The lowest BCUT2D eigenvalue weighted by Crippen LogP contribution is -2.52. The fraction of sp³-hybridized carbons (Fsp3) is 0.583. The van der Waals surface area contributed by atoms with Crippen LogP contribution < -0.4 is 4.72 Å². The largest absolute Gasteiger partial charge is 0.468 e. The van der Waals surface area contributed by atoms with E-state index < -0.39 is 21.5 Å². The molecule has 19 heavy (non-hydrogen) atoms. The van der Waals surface area contributed by atoms with Gasteiger partial charge in [-0.3, -0.25) is 4.79 Å². The van der Waals surface area contributed by atoms with Gasteiger partial charge in [-0.15, -0.1) is 11.3 Å². The first kappa shape index (κ1) is 14.5. The second kappa shape index (κ2) is 5.22. The van der Waals surface area contributed by atoms with Crippen molar-refractivity contribution in [3.63, 3.8) is 0 Å². The minimum absolute atomic E-state index is 0.236. The molecule has 1 fully saturated rings. The molecule has 1 aliphatic rings. The lowest BCUT2D eigenvalue weighted by Gasteiger charge is -2.26. The molecule has 0 radical (unpaired) electrons. The van der Waals surface area contributed by atoms with E-state index in [4.69, 9.17) is 4.74 Å². The van der Waals surface area contributed by atoms with Crippen molar-refractivity contribution < 1.29 is 17.9 Å². The number of methoxy groups -OCH3 is 1. The standard InChI is InChI=1S/C12H17NO4S2/c1-9-5-6-10(18-9)19(15,16)13-12(11(14)17-2)7-3-4-8-12/h5-6,13H,3-4,7-8H2,1-2H3. The number of thiophene rings is 1. The number of ether oxygens (including phenoxy) is 1. The van der Waals surface area contributed by atoms with Crippen molar-refractivity contribution in [1.82, 2.24) is 4.72 Å². The Morgan fingerprint density at radius 3 is 2.47 bits per heavy atom. The van der Waals surface area contributed by atoms with Crippen LogP contribution in [0.5, 0.6) is 0 Å². The molecule has 0 amide bonds. The van der Waals surface area contributed by atoms with Gasteiger partial charge in [0.2, 0.25) is 0 Å². The molecule has 0 aliphatic heterocycles. The Hall–Kier alpha value is -0.920. The fourth-order valence-electron chi connectivity index (χ4n) is 2.39. The monoisotopic (exact) mass is 303 g/mol. The van der Waals surface area contributed by atoms with Crippen molar-refractivity contribution in [2.45, 2.75) is 42.4 Å². The molecule has 0 atom stereocenters. The molecular formula is C12H17NO4S2. The number of nitrogens with one attached hydrogen (secondary N) is 1. The van der Waals surface area contributed by atoms with Crippen LogP contribution in [0, 0.1) is 6.92 Å². The summed E-state index contributed by atoms with van der Waals surface area (Å²) in [6.45, 7) is 1.84. The van der Waals surface area contributed by atoms with Gasteiger partial charge in [0, 0.05) is 4.88 Å². The zero-order valence-electron chi connectivity index (χ0n) is 10.9. The number of aryl methyl sites for hydroxylation is 1. The lowest BCUT2D eigenvalue weighted by molar-refractivity contribution is -0.147. The van der Waals surface area contributed by atoms with Crippen LogP contribution in [0.25, 0.3) is 0 Å². The molecule has 2 rings (SSSR count). The summed E-state index contributed by atoms with van der Waals surface area (Å²) in [6.07, 6.45) is 2.62. The van der Waals surface area contributed by atoms with Gasteiger partial charge in [-0.2, -0.15) is 4.72 Å². The average Bonchev–Trinajstić information content (AvgIpc) is 2.98. The van der Waals surface area contributed by atoms with Gasteiger partial charge in [0.1, 0.15) is 9.75 Å². The van der Waals surface area contributed by atoms with E-state index in [2.05, 4.69) is 4.72 Å². The van der Waals surface area contributed by atoms with Crippen molar-refractivity contribution in [3.05, 3.63) is 17.0 Å². The maximum Gasteiger partial charge on any atom is 0.327 e. The molecule has 0 saturated heterocycles. The van der Waals surface area contributed by atoms with Crippen LogP contribution in [-0.2, 0) is 19.6 Å². The number of hydrogen-bond donors (Lipinski definition) is 1. The molecule has 5 nitrogen and oxygen atoms in total. The van der Waals surface area contributed by atoms with E-state index in [1.165, 1.54) is 18.4 Å². The van der Waals surface area contributed by atoms with Gasteiger partial charge in [-0.25, -0.2) is 8.42 Å². The van der Waals surface area contributed by atoms with Crippen LogP contribution in [-0.4, -0.2) is 27.0 Å². The first-order chi connectivity index (χ1) is 8.89. The zero-order chi connectivity index (χ0) is 14.1. The van der Waals surface area contributed by atoms with Crippen molar-refractivity contribution in [2.24, 2.45) is 0 Å². The van der Waals surface area contributed by atoms with E-state index >= 15 is 0 Å². The molecule has 1 aromatic heterocycles. The van der Waals surface area contributed by atoms with Crippen LogP contribution in [0.1, 0.15) is 30.6 Å². The Balaban J connectivity index is 2.29. The normalized spacial score (nSPS) is 18.4. The molecular weight excluding hydrogens is 286 g/mol. The Labute approximate surface area is 117 Å². The molecule has 1 aliphatic carbocycles. The molecule has 0 aromatic carbocycles. The number of rotatable bonds is 4. The highest BCUT2D eigenvalue weighted by atomic mass is 32.2. The van der Waals surface area contributed by atoms with Gasteiger partial charge >= 0.3 is 5.97 Å². The number of sulfonamides is 1. The number of carbonyl (C=O) groups excluding carboxylic acids is 1. The van der Waals surface area contributed by atoms with Crippen LogP contribution in [0.3, 0.4) is 0 Å². The highest BCUT2D eigenvalue weighted by Gasteiger charge is 2.45. The molecule has 1 heterocycles. The average molecular weight is 303 g/mol. The van der Waals surface area contributed by atoms with Crippen LogP contribution in [0.2, 0.25) is 0 Å². The van der Waals surface area contributed by atoms with E-state index in [9.17, 15) is 13.2 Å². The quantitative estimate of drug-likeness (QED) is 0.861. The molecule has 0 spiro atoms. The van der Waals surface area contributed by atoms with E-state index in [0.29, 0.717) is 12.8 Å². The van der Waals surface area contributed by atoms with Crippen molar-refractivity contribution in [1.29, 1.82) is 0 Å². The number of esters is 1. The summed E-state index contributed by atoms with van der Waals surface area (Å²) < 4.78 is 32.2. The molecule has 0 bridgehead atoms. The van der Waals surface area contributed by atoms with Crippen molar-refractivity contribution in [2.75, 3.05) is 7.11 Å². The first-order valence-electron chi connectivity index (χ1n) is 6.08. The van der Waals surface area contributed by atoms with Crippen molar-refractivity contribution >= 4 is 27.3 Å². The minimum atomic E-state index is -3.67. The fourth-order valence-corrected chi connectivity index (χ4v) is 5.08. The van der Waals surface area contributed by atoms with Crippen LogP contribution in [0.15, 0.2) is 16.3 Å². The minimum Gasteiger partial charge on any atom is -0.468 e. The Morgan fingerprint density at radius 2 is 2.00 bits per heavy atom. The second-order valence-electron chi connectivity index (χ2n) is 4.75. The van der Waals surface area contributed by atoms with E-state index in [1.807, 2.05) is 6.92 Å². The van der Waals surface area contributed by atoms with E-state index in [1.54, 1.807) is 12.1 Å². The Morgan fingerprint density at radius 1 is 1.37 bits per heavy atom. The third-order valence-electron chi connectivity index (χ3n) is 3.34. The summed E-state index contributed by atoms with van der Waals surface area (Å²) in [5.74, 6) is -0.498. The lowest BCUT2D eigenvalue weighted by atomic mass is 10.00. The molecule has 1 saturated carbocycles. The summed E-state index contributed by atoms with van der Waals surface area (Å²) in [5, 5.41) is 0. The zero-order valence-corrected chi connectivity index (χ0v) is 12.6. The topological polar surface area (TPSA) is 72.5 Å². The molecule has 1 N–H and O–H groups in total. The number of carbonyl (C=O) groups is 1. The first-order valence-corrected chi connectivity index (χ1v) is 8.38. The highest BCUT2D eigenvalue weighted by Crippen LogP contribution is 2.33. The maximum absolute atomic E-state index is 12.3. The summed E-state index contributed by atoms with van der Waals surface area (Å²) in [5.41, 5.74) is -1.09. The molecule has 106 valence electrons. The summed E-state index contributed by atoms with van der Waals surface area (Å²) in [4.78, 5) is 12.8. The number of hydrogen-bond acceptors (Lipinski definition) is 5. The SMILES string of the molecule is COC(=O)C1(NS(=O)(=O)c2ccc(C)s2)CCCC1. The predicted molar refractivity (Wildman–Crippen MR) is 72.6 cm³/mol. The third-order valence-corrected chi connectivity index (χ3v) is 6.37. The predicted octanol–water partition coefficient (Wildman–Crippen LogP) is 1.82. The maximum atomic E-state index is 12.3. The van der Waals surface area contributed by atoms with Crippen molar-refractivity contribution in [3.8, 4) is 0 Å². The smallest absolute Gasteiger partial charge is 0.327 e. The summed E-state index contributed by atoms with van der Waals surface area (Å²) >= 11 is 1.19. The summed E-state index contributed by atoms with van der Waals surface area (Å²) in [6, 6.07) is 3.31. The van der Waals surface area contributed by atoms with Gasteiger partial charge in [0.25, 0.3) is 10.0 Å². The van der Waals surface area contributed by atoms with Crippen LogP contribution >= 0.6 is 11.3 Å². The van der Waals surface area contributed by atoms with E-state index in [-0.39, 0.29) is 4.21 Å². The Bertz CT molecular complexity index is 570. The summed E-state index contributed by atoms with van der Waals surface area (Å²) in [7, 11) is -2.39. The molecule has 1 aromatic rings. The van der Waals surface area contributed by atoms with E-state index in [0.717, 1.165) is 17.7 Å². The van der Waals surface area contributed by atoms with Gasteiger partial charge < -0.3 is 4.74 Å². The highest BCUT2D eigenvalue weighted by molar-refractivity contribution is 7.91. The second-order valence-corrected chi connectivity index (χ2v) is 7.95.